The van der Waals surface area contributed by atoms with Crippen molar-refractivity contribution in [3.63, 3.8) is 0 Å². The molecule has 3 aromatic rings. The number of hydrogen-bond acceptors (Lipinski definition) is 5. The maximum Gasteiger partial charge on any atom is 0.114 e. The lowest BCUT2D eigenvalue weighted by Gasteiger charge is -2.26. The zero-order valence-corrected chi connectivity index (χ0v) is 17.4. The second-order valence-corrected chi connectivity index (χ2v) is 7.85. The lowest BCUT2D eigenvalue weighted by Crippen LogP contribution is -2.42. The zero-order chi connectivity index (χ0) is 21.5. The van der Waals surface area contributed by atoms with Crippen molar-refractivity contribution in [2.75, 3.05) is 0 Å². The van der Waals surface area contributed by atoms with Crippen LogP contribution >= 0.6 is 0 Å². The lowest BCUT2D eigenvalue weighted by atomic mass is 10.2. The van der Waals surface area contributed by atoms with Gasteiger partial charge in [0.15, 0.2) is 0 Å². The van der Waals surface area contributed by atoms with E-state index in [0.717, 1.165) is 16.7 Å². The van der Waals surface area contributed by atoms with Crippen LogP contribution < -0.4 is 5.73 Å². The molecule has 5 atom stereocenters. The summed E-state index contributed by atoms with van der Waals surface area (Å²) in [4.78, 5) is 0. The highest BCUT2D eigenvalue weighted by Gasteiger charge is 2.51. The molecule has 1 fully saturated rings. The van der Waals surface area contributed by atoms with Gasteiger partial charge < -0.3 is 25.1 Å². The smallest absolute Gasteiger partial charge is 0.114 e. The molecule has 162 valence electrons. The molecule has 0 saturated heterocycles. The van der Waals surface area contributed by atoms with E-state index in [4.69, 9.17) is 19.9 Å². The van der Waals surface area contributed by atoms with Crippen molar-refractivity contribution in [3.05, 3.63) is 108 Å². The average Bonchev–Trinajstić information content (AvgIpc) is 3.05. The van der Waals surface area contributed by atoms with Crippen molar-refractivity contribution in [2.45, 2.75) is 50.3 Å². The molecule has 3 N–H and O–H groups in total. The quantitative estimate of drug-likeness (QED) is 0.556. The second-order valence-electron chi connectivity index (χ2n) is 7.85. The minimum absolute atomic E-state index is 0.367. The highest BCUT2D eigenvalue weighted by Crippen LogP contribution is 2.30. The Labute approximate surface area is 183 Å². The summed E-state index contributed by atoms with van der Waals surface area (Å²) in [5.74, 6) is 0. The van der Waals surface area contributed by atoms with Crippen LogP contribution in [0, 0.1) is 0 Å². The summed E-state index contributed by atoms with van der Waals surface area (Å²) in [6.07, 6.45) is -2.44. The van der Waals surface area contributed by atoms with Crippen LogP contribution in [-0.4, -0.2) is 35.6 Å². The highest BCUT2D eigenvalue weighted by molar-refractivity contribution is 5.16. The Morgan fingerprint density at radius 3 is 1.32 bits per heavy atom. The summed E-state index contributed by atoms with van der Waals surface area (Å²) in [7, 11) is 0. The molecule has 3 aromatic carbocycles. The Kier molecular flexibility index (Phi) is 7.46. The molecule has 0 bridgehead atoms. The maximum absolute atomic E-state index is 10.9. The summed E-state index contributed by atoms with van der Waals surface area (Å²) in [6.45, 7) is 1.15. The molecule has 5 heteroatoms. The largest absolute Gasteiger partial charge is 0.389 e. The van der Waals surface area contributed by atoms with Gasteiger partial charge in [-0.3, -0.25) is 0 Å². The number of aliphatic hydroxyl groups is 1. The molecule has 31 heavy (non-hydrogen) atoms. The van der Waals surface area contributed by atoms with Gasteiger partial charge in [0, 0.05) is 0 Å². The molecule has 1 aliphatic carbocycles. The average molecular weight is 420 g/mol. The minimum Gasteiger partial charge on any atom is -0.389 e. The van der Waals surface area contributed by atoms with Crippen LogP contribution in [-0.2, 0) is 34.0 Å². The predicted octanol–water partition coefficient (Wildman–Crippen LogP) is 3.44. The van der Waals surface area contributed by atoms with Gasteiger partial charge in [-0.15, -0.1) is 0 Å². The van der Waals surface area contributed by atoms with Crippen molar-refractivity contribution < 1.29 is 19.3 Å². The molecule has 0 radical (unpaired) electrons. The van der Waals surface area contributed by atoms with Crippen LogP contribution in [0.4, 0.5) is 0 Å². The number of hydrogen-bond donors (Lipinski definition) is 2. The van der Waals surface area contributed by atoms with Crippen LogP contribution in [0.25, 0.3) is 0 Å². The van der Waals surface area contributed by atoms with E-state index in [9.17, 15) is 5.11 Å². The standard InChI is InChI=1S/C26H29NO4/c27-22-23(28)25(30-17-20-12-6-2-7-13-20)26(31-18-21-14-8-3-9-15-21)24(22)29-16-19-10-4-1-5-11-19/h1-15,22-26,28H,16-18,27H2/t22-,23-,24+,25-,26-/m1/s1. The van der Waals surface area contributed by atoms with Crippen molar-refractivity contribution >= 4 is 0 Å². The molecule has 0 unspecified atom stereocenters. The fourth-order valence-corrected chi connectivity index (χ4v) is 3.90. The molecule has 5 nitrogen and oxygen atoms in total. The van der Waals surface area contributed by atoms with Crippen LogP contribution in [0.1, 0.15) is 16.7 Å². The monoisotopic (exact) mass is 419 g/mol. The summed E-state index contributed by atoms with van der Waals surface area (Å²) in [6, 6.07) is 29.1. The zero-order valence-electron chi connectivity index (χ0n) is 17.4. The van der Waals surface area contributed by atoms with E-state index in [1.165, 1.54) is 0 Å². The molecule has 0 aliphatic heterocycles. The van der Waals surface area contributed by atoms with Gasteiger partial charge in [-0.25, -0.2) is 0 Å². The first kappa shape index (κ1) is 21.7. The van der Waals surface area contributed by atoms with Crippen molar-refractivity contribution in [1.82, 2.24) is 0 Å². The molecule has 0 heterocycles. The molecular formula is C26H29NO4. The van der Waals surface area contributed by atoms with Gasteiger partial charge in [0.25, 0.3) is 0 Å². The van der Waals surface area contributed by atoms with Gasteiger partial charge >= 0.3 is 0 Å². The highest BCUT2D eigenvalue weighted by atomic mass is 16.6. The van der Waals surface area contributed by atoms with Gasteiger partial charge in [-0.1, -0.05) is 91.0 Å². The topological polar surface area (TPSA) is 73.9 Å². The molecule has 0 amide bonds. The summed E-state index contributed by atoms with van der Waals surface area (Å²) >= 11 is 0. The molecule has 1 aliphatic rings. The van der Waals surface area contributed by atoms with E-state index < -0.39 is 30.5 Å². The maximum atomic E-state index is 10.9. The number of nitrogens with two attached hydrogens (primary N) is 1. The number of ether oxygens (including phenoxy) is 3. The molecule has 4 rings (SSSR count). The SMILES string of the molecule is N[C@@H]1[C@@H](O)[C@@H](OCc2ccccc2)[C@H](OCc2ccccc2)[C@H]1OCc1ccccc1. The third-order valence-corrected chi connectivity index (χ3v) is 5.61. The van der Waals surface area contributed by atoms with E-state index >= 15 is 0 Å². The van der Waals surface area contributed by atoms with Crippen molar-refractivity contribution in [1.29, 1.82) is 0 Å². The second kappa shape index (κ2) is 10.7. The Morgan fingerprint density at radius 1 is 0.548 bits per heavy atom. The van der Waals surface area contributed by atoms with Crippen LogP contribution in [0.5, 0.6) is 0 Å². The van der Waals surface area contributed by atoms with Crippen LogP contribution in [0.15, 0.2) is 91.0 Å². The first-order valence-corrected chi connectivity index (χ1v) is 10.6. The van der Waals surface area contributed by atoms with Gasteiger partial charge in [0.1, 0.15) is 24.4 Å². The first-order chi connectivity index (χ1) is 15.2. The van der Waals surface area contributed by atoms with Crippen molar-refractivity contribution in [3.8, 4) is 0 Å². The predicted molar refractivity (Wildman–Crippen MR) is 119 cm³/mol. The normalized spacial score (nSPS) is 25.5. The number of aliphatic hydroxyl groups excluding tert-OH is 1. The third-order valence-electron chi connectivity index (χ3n) is 5.61. The molecule has 0 aromatic heterocycles. The van der Waals surface area contributed by atoms with E-state index in [0.29, 0.717) is 19.8 Å². The fourth-order valence-electron chi connectivity index (χ4n) is 3.90. The Morgan fingerprint density at radius 2 is 0.903 bits per heavy atom. The molecule has 1 saturated carbocycles. The first-order valence-electron chi connectivity index (χ1n) is 10.6. The summed E-state index contributed by atoms with van der Waals surface area (Å²) < 4.78 is 18.5. The third kappa shape index (κ3) is 5.58. The Balaban J connectivity index is 1.48. The molecule has 0 spiro atoms. The van der Waals surface area contributed by atoms with Gasteiger partial charge in [-0.2, -0.15) is 0 Å². The minimum atomic E-state index is -0.884. The lowest BCUT2D eigenvalue weighted by molar-refractivity contribution is -0.133. The summed E-state index contributed by atoms with van der Waals surface area (Å²) in [5, 5.41) is 10.9. The van der Waals surface area contributed by atoms with Gasteiger partial charge in [0.2, 0.25) is 0 Å². The van der Waals surface area contributed by atoms with Gasteiger partial charge in [-0.05, 0) is 16.7 Å². The van der Waals surface area contributed by atoms with E-state index in [1.54, 1.807) is 0 Å². The Bertz CT molecular complexity index is 851. The van der Waals surface area contributed by atoms with E-state index in [-0.39, 0.29) is 0 Å². The molecular weight excluding hydrogens is 390 g/mol. The number of benzene rings is 3. The number of rotatable bonds is 9. The Hall–Kier alpha value is -2.54. The summed E-state index contributed by atoms with van der Waals surface area (Å²) in [5.41, 5.74) is 9.48. The van der Waals surface area contributed by atoms with Crippen LogP contribution in [0.2, 0.25) is 0 Å². The van der Waals surface area contributed by atoms with Crippen molar-refractivity contribution in [2.24, 2.45) is 5.73 Å². The fraction of sp³-hybridized carbons (Fsp3) is 0.308. The van der Waals surface area contributed by atoms with E-state index in [2.05, 4.69) is 0 Å². The van der Waals surface area contributed by atoms with Gasteiger partial charge in [0.05, 0.1) is 25.9 Å². The van der Waals surface area contributed by atoms with Crippen LogP contribution in [0.3, 0.4) is 0 Å². The van der Waals surface area contributed by atoms with E-state index in [1.807, 2.05) is 91.0 Å².